The Hall–Kier alpha value is -0.960. The van der Waals surface area contributed by atoms with Crippen LogP contribution in [0.1, 0.15) is 45.1 Å². The van der Waals surface area contributed by atoms with E-state index in [9.17, 15) is 8.78 Å². The first-order valence-corrected chi connectivity index (χ1v) is 6.30. The molecule has 1 atom stereocenters. The number of unbranched alkanes of at least 4 members (excludes halogenated alkanes) is 2. The molecule has 1 N–H and O–H groups in total. The standard InChI is InChI=1S/C14H21F2N/c1-3-4-5-6-11(2)17-10-12-7-13(15)9-14(16)8-12/h7-9,11,17H,3-6,10H2,1-2H3. The molecule has 0 heterocycles. The Morgan fingerprint density at radius 3 is 2.35 bits per heavy atom. The summed E-state index contributed by atoms with van der Waals surface area (Å²) in [7, 11) is 0. The van der Waals surface area contributed by atoms with Gasteiger partial charge in [0, 0.05) is 18.7 Å². The lowest BCUT2D eigenvalue weighted by Gasteiger charge is -2.13. The fourth-order valence-corrected chi connectivity index (χ4v) is 1.81. The van der Waals surface area contributed by atoms with Crippen molar-refractivity contribution in [2.45, 2.75) is 52.1 Å². The Bertz CT molecular complexity index is 319. The zero-order valence-corrected chi connectivity index (χ0v) is 10.6. The minimum Gasteiger partial charge on any atom is -0.310 e. The van der Waals surface area contributed by atoms with E-state index in [0.29, 0.717) is 18.2 Å². The van der Waals surface area contributed by atoms with E-state index in [1.54, 1.807) is 0 Å². The van der Waals surface area contributed by atoms with Crippen LogP contribution in [0.5, 0.6) is 0 Å². The maximum atomic E-state index is 12.9. The summed E-state index contributed by atoms with van der Waals surface area (Å²) in [6.45, 7) is 4.79. The van der Waals surface area contributed by atoms with Crippen molar-refractivity contribution in [1.82, 2.24) is 5.32 Å². The minimum absolute atomic E-state index is 0.382. The molecular weight excluding hydrogens is 220 g/mol. The van der Waals surface area contributed by atoms with Crippen LogP contribution in [-0.2, 0) is 6.54 Å². The second-order valence-corrected chi connectivity index (χ2v) is 4.56. The minimum atomic E-state index is -0.513. The SMILES string of the molecule is CCCCCC(C)NCc1cc(F)cc(F)c1. The first-order chi connectivity index (χ1) is 8.11. The van der Waals surface area contributed by atoms with Gasteiger partial charge in [-0.15, -0.1) is 0 Å². The highest BCUT2D eigenvalue weighted by Gasteiger charge is 2.03. The van der Waals surface area contributed by atoms with Crippen LogP contribution < -0.4 is 5.32 Å². The monoisotopic (exact) mass is 241 g/mol. The van der Waals surface area contributed by atoms with Gasteiger partial charge in [-0.3, -0.25) is 0 Å². The molecule has 0 amide bonds. The molecule has 0 aliphatic rings. The molecule has 3 heteroatoms. The van der Waals surface area contributed by atoms with Crippen LogP contribution in [0.2, 0.25) is 0 Å². The largest absolute Gasteiger partial charge is 0.310 e. The van der Waals surface area contributed by atoms with Gasteiger partial charge >= 0.3 is 0 Å². The van der Waals surface area contributed by atoms with Crippen LogP contribution in [-0.4, -0.2) is 6.04 Å². The number of hydrogen-bond acceptors (Lipinski definition) is 1. The van der Waals surface area contributed by atoms with Crippen LogP contribution in [0.3, 0.4) is 0 Å². The van der Waals surface area contributed by atoms with Gasteiger partial charge in [0.25, 0.3) is 0 Å². The highest BCUT2D eigenvalue weighted by Crippen LogP contribution is 2.09. The molecule has 0 spiro atoms. The van der Waals surface area contributed by atoms with Gasteiger partial charge in [0.1, 0.15) is 11.6 Å². The molecule has 96 valence electrons. The molecule has 0 aliphatic heterocycles. The molecule has 0 fully saturated rings. The zero-order valence-electron chi connectivity index (χ0n) is 10.6. The first-order valence-electron chi connectivity index (χ1n) is 6.30. The number of benzene rings is 1. The molecule has 0 bridgehead atoms. The van der Waals surface area contributed by atoms with E-state index in [-0.39, 0.29) is 0 Å². The van der Waals surface area contributed by atoms with E-state index in [1.807, 2.05) is 0 Å². The normalized spacial score (nSPS) is 12.7. The van der Waals surface area contributed by atoms with Gasteiger partial charge < -0.3 is 5.32 Å². The van der Waals surface area contributed by atoms with E-state index in [0.717, 1.165) is 12.5 Å². The zero-order chi connectivity index (χ0) is 12.7. The van der Waals surface area contributed by atoms with Crippen molar-refractivity contribution in [3.63, 3.8) is 0 Å². The van der Waals surface area contributed by atoms with E-state index in [2.05, 4.69) is 19.2 Å². The Morgan fingerprint density at radius 2 is 1.76 bits per heavy atom. The summed E-state index contributed by atoms with van der Waals surface area (Å²) in [4.78, 5) is 0. The predicted octanol–water partition coefficient (Wildman–Crippen LogP) is 4.02. The molecular formula is C14H21F2N. The smallest absolute Gasteiger partial charge is 0.126 e. The van der Waals surface area contributed by atoms with Crippen LogP contribution in [0, 0.1) is 11.6 Å². The summed E-state index contributed by atoms with van der Waals surface area (Å²) in [5.74, 6) is -1.03. The highest BCUT2D eigenvalue weighted by atomic mass is 19.1. The van der Waals surface area contributed by atoms with Gasteiger partial charge in [-0.05, 0) is 31.0 Å². The fraction of sp³-hybridized carbons (Fsp3) is 0.571. The van der Waals surface area contributed by atoms with Gasteiger partial charge in [-0.25, -0.2) is 8.78 Å². The second kappa shape index (κ2) is 7.38. The molecule has 1 unspecified atom stereocenters. The maximum absolute atomic E-state index is 12.9. The fourth-order valence-electron chi connectivity index (χ4n) is 1.81. The van der Waals surface area contributed by atoms with Crippen LogP contribution >= 0.6 is 0 Å². The van der Waals surface area contributed by atoms with Gasteiger partial charge in [-0.2, -0.15) is 0 Å². The van der Waals surface area contributed by atoms with Crippen molar-refractivity contribution in [3.05, 3.63) is 35.4 Å². The molecule has 0 radical (unpaired) electrons. The molecule has 0 aliphatic carbocycles. The van der Waals surface area contributed by atoms with Crippen molar-refractivity contribution in [1.29, 1.82) is 0 Å². The lowest BCUT2D eigenvalue weighted by atomic mass is 10.1. The van der Waals surface area contributed by atoms with Crippen LogP contribution in [0.15, 0.2) is 18.2 Å². The van der Waals surface area contributed by atoms with E-state index < -0.39 is 11.6 Å². The van der Waals surface area contributed by atoms with Crippen molar-refractivity contribution < 1.29 is 8.78 Å². The Kier molecular flexibility index (Phi) is 6.12. The number of rotatable bonds is 7. The van der Waals surface area contributed by atoms with Gasteiger partial charge in [-0.1, -0.05) is 26.2 Å². The number of hydrogen-bond donors (Lipinski definition) is 1. The Balaban J connectivity index is 2.34. The van der Waals surface area contributed by atoms with Crippen molar-refractivity contribution in [3.8, 4) is 0 Å². The molecule has 1 rings (SSSR count). The average molecular weight is 241 g/mol. The first kappa shape index (κ1) is 14.1. The summed E-state index contributed by atoms with van der Waals surface area (Å²) in [5.41, 5.74) is 0.657. The topological polar surface area (TPSA) is 12.0 Å². The number of halogens is 2. The summed E-state index contributed by atoms with van der Waals surface area (Å²) < 4.78 is 25.9. The van der Waals surface area contributed by atoms with E-state index in [4.69, 9.17) is 0 Å². The van der Waals surface area contributed by atoms with Crippen molar-refractivity contribution in [2.75, 3.05) is 0 Å². The summed E-state index contributed by atoms with van der Waals surface area (Å²) in [6, 6.07) is 4.02. The molecule has 17 heavy (non-hydrogen) atoms. The molecule has 1 aromatic carbocycles. The third-order valence-corrected chi connectivity index (χ3v) is 2.82. The Morgan fingerprint density at radius 1 is 1.12 bits per heavy atom. The second-order valence-electron chi connectivity index (χ2n) is 4.56. The molecule has 0 aromatic heterocycles. The third kappa shape index (κ3) is 5.78. The number of nitrogens with one attached hydrogen (secondary N) is 1. The van der Waals surface area contributed by atoms with Crippen LogP contribution in [0.25, 0.3) is 0 Å². The van der Waals surface area contributed by atoms with Crippen molar-refractivity contribution >= 4 is 0 Å². The van der Waals surface area contributed by atoms with E-state index >= 15 is 0 Å². The predicted molar refractivity (Wildman–Crippen MR) is 66.8 cm³/mol. The van der Waals surface area contributed by atoms with Crippen LogP contribution in [0.4, 0.5) is 8.78 Å². The molecule has 0 saturated heterocycles. The summed E-state index contributed by atoms with van der Waals surface area (Å²) in [6.07, 6.45) is 4.75. The van der Waals surface area contributed by atoms with Gasteiger partial charge in [0.15, 0.2) is 0 Å². The lowest BCUT2D eigenvalue weighted by molar-refractivity contribution is 0.484. The van der Waals surface area contributed by atoms with Crippen molar-refractivity contribution in [2.24, 2.45) is 0 Å². The molecule has 1 aromatic rings. The third-order valence-electron chi connectivity index (χ3n) is 2.82. The van der Waals surface area contributed by atoms with E-state index in [1.165, 1.54) is 31.4 Å². The molecule has 0 saturated carbocycles. The quantitative estimate of drug-likeness (QED) is 0.711. The Labute approximate surface area is 102 Å². The molecule has 1 nitrogen and oxygen atoms in total. The maximum Gasteiger partial charge on any atom is 0.126 e. The lowest BCUT2D eigenvalue weighted by Crippen LogP contribution is -2.25. The van der Waals surface area contributed by atoms with Gasteiger partial charge in [0.2, 0.25) is 0 Å². The average Bonchev–Trinajstić information content (AvgIpc) is 2.25. The summed E-state index contributed by atoms with van der Waals surface area (Å²) in [5, 5.41) is 3.28. The summed E-state index contributed by atoms with van der Waals surface area (Å²) >= 11 is 0. The van der Waals surface area contributed by atoms with Gasteiger partial charge in [0.05, 0.1) is 0 Å². The highest BCUT2D eigenvalue weighted by molar-refractivity contribution is 5.17.